The zero-order valence-corrected chi connectivity index (χ0v) is 12.2. The molecule has 0 aromatic carbocycles. The second kappa shape index (κ2) is 5.06. The highest BCUT2D eigenvalue weighted by molar-refractivity contribution is 5.81. The highest BCUT2D eigenvalue weighted by atomic mass is 16.5. The molecule has 3 fully saturated rings. The summed E-state index contributed by atoms with van der Waals surface area (Å²) in [6.45, 7) is 2.38. The summed E-state index contributed by atoms with van der Waals surface area (Å²) in [6.07, 6.45) is 8.06. The molecular weight excluding hydrogens is 240 g/mol. The second-order valence-corrected chi connectivity index (χ2v) is 6.51. The SMILES string of the molecule is CCOC(=O)C1(NC2CC2)CCC(N(C)C2CC2)C1. The van der Waals surface area contributed by atoms with Crippen molar-refractivity contribution in [3.05, 3.63) is 0 Å². The third-order valence-corrected chi connectivity index (χ3v) is 4.91. The molecule has 4 nitrogen and oxygen atoms in total. The van der Waals surface area contributed by atoms with Gasteiger partial charge in [-0.1, -0.05) is 0 Å². The maximum Gasteiger partial charge on any atom is 0.326 e. The van der Waals surface area contributed by atoms with Crippen molar-refractivity contribution in [1.82, 2.24) is 10.2 Å². The molecule has 0 heterocycles. The molecule has 0 aromatic rings. The molecule has 1 N–H and O–H groups in total. The zero-order chi connectivity index (χ0) is 13.5. The average Bonchev–Trinajstić information content (AvgIpc) is 3.28. The van der Waals surface area contributed by atoms with Gasteiger partial charge in [0.1, 0.15) is 5.54 Å². The lowest BCUT2D eigenvalue weighted by atomic mass is 9.97. The number of nitrogens with one attached hydrogen (secondary N) is 1. The minimum atomic E-state index is -0.398. The Bertz CT molecular complexity index is 352. The van der Waals surface area contributed by atoms with Crippen molar-refractivity contribution in [3.63, 3.8) is 0 Å². The molecule has 4 heteroatoms. The Kier molecular flexibility index (Phi) is 3.56. The molecule has 0 spiro atoms. The highest BCUT2D eigenvalue weighted by Gasteiger charge is 2.50. The largest absolute Gasteiger partial charge is 0.465 e. The highest BCUT2D eigenvalue weighted by Crippen LogP contribution is 2.40. The van der Waals surface area contributed by atoms with Gasteiger partial charge >= 0.3 is 5.97 Å². The van der Waals surface area contributed by atoms with Crippen molar-refractivity contribution in [2.75, 3.05) is 13.7 Å². The molecule has 3 aliphatic carbocycles. The van der Waals surface area contributed by atoms with Crippen LogP contribution in [0, 0.1) is 0 Å². The van der Waals surface area contributed by atoms with Gasteiger partial charge in [-0.3, -0.25) is 10.1 Å². The molecule has 3 aliphatic rings. The van der Waals surface area contributed by atoms with E-state index in [1.54, 1.807) is 0 Å². The van der Waals surface area contributed by atoms with Gasteiger partial charge < -0.3 is 9.64 Å². The van der Waals surface area contributed by atoms with Gasteiger partial charge in [0, 0.05) is 18.1 Å². The predicted octanol–water partition coefficient (Wildman–Crippen LogP) is 1.69. The number of hydrogen-bond acceptors (Lipinski definition) is 4. The van der Waals surface area contributed by atoms with Crippen LogP contribution in [0.25, 0.3) is 0 Å². The topological polar surface area (TPSA) is 41.6 Å². The molecule has 0 aromatic heterocycles. The van der Waals surface area contributed by atoms with E-state index in [1.165, 1.54) is 25.7 Å². The van der Waals surface area contributed by atoms with Crippen molar-refractivity contribution in [2.24, 2.45) is 0 Å². The van der Waals surface area contributed by atoms with Crippen LogP contribution in [-0.2, 0) is 9.53 Å². The smallest absolute Gasteiger partial charge is 0.326 e. The quantitative estimate of drug-likeness (QED) is 0.743. The fourth-order valence-corrected chi connectivity index (χ4v) is 3.41. The molecule has 2 atom stereocenters. The van der Waals surface area contributed by atoms with Gasteiger partial charge in [0.15, 0.2) is 0 Å². The molecule has 2 unspecified atom stereocenters. The Morgan fingerprint density at radius 2 is 2.00 bits per heavy atom. The fourth-order valence-electron chi connectivity index (χ4n) is 3.41. The van der Waals surface area contributed by atoms with E-state index in [4.69, 9.17) is 4.74 Å². The van der Waals surface area contributed by atoms with Crippen LogP contribution >= 0.6 is 0 Å². The van der Waals surface area contributed by atoms with Crippen LogP contribution in [0.1, 0.15) is 51.9 Å². The first kappa shape index (κ1) is 13.4. The third kappa shape index (κ3) is 2.79. The van der Waals surface area contributed by atoms with E-state index in [2.05, 4.69) is 17.3 Å². The lowest BCUT2D eigenvalue weighted by Crippen LogP contribution is -2.53. The van der Waals surface area contributed by atoms with Crippen LogP contribution in [-0.4, -0.2) is 48.2 Å². The normalized spacial score (nSPS) is 34.8. The lowest BCUT2D eigenvalue weighted by molar-refractivity contribution is -0.151. The molecule has 0 bridgehead atoms. The molecule has 19 heavy (non-hydrogen) atoms. The van der Waals surface area contributed by atoms with Gasteiger partial charge in [-0.2, -0.15) is 0 Å². The number of rotatable bonds is 6. The number of carbonyl (C=O) groups is 1. The zero-order valence-electron chi connectivity index (χ0n) is 12.2. The van der Waals surface area contributed by atoms with Crippen LogP contribution in [0.2, 0.25) is 0 Å². The monoisotopic (exact) mass is 266 g/mol. The first-order valence-electron chi connectivity index (χ1n) is 7.81. The molecule has 0 amide bonds. The second-order valence-electron chi connectivity index (χ2n) is 6.51. The Labute approximate surface area is 115 Å². The van der Waals surface area contributed by atoms with E-state index in [1.807, 2.05) is 6.92 Å². The van der Waals surface area contributed by atoms with Gasteiger partial charge in [-0.05, 0) is 58.9 Å². The summed E-state index contributed by atoms with van der Waals surface area (Å²) in [5.41, 5.74) is -0.398. The summed E-state index contributed by atoms with van der Waals surface area (Å²) >= 11 is 0. The van der Waals surface area contributed by atoms with Gasteiger partial charge in [-0.25, -0.2) is 0 Å². The van der Waals surface area contributed by atoms with Gasteiger partial charge in [0.25, 0.3) is 0 Å². The maximum atomic E-state index is 12.4. The number of carbonyl (C=O) groups excluding carboxylic acids is 1. The van der Waals surface area contributed by atoms with Crippen molar-refractivity contribution in [3.8, 4) is 0 Å². The first-order chi connectivity index (χ1) is 9.14. The number of hydrogen-bond donors (Lipinski definition) is 1. The van der Waals surface area contributed by atoms with E-state index in [9.17, 15) is 4.79 Å². The van der Waals surface area contributed by atoms with E-state index in [-0.39, 0.29) is 5.97 Å². The number of ether oxygens (including phenoxy) is 1. The van der Waals surface area contributed by atoms with E-state index >= 15 is 0 Å². The fraction of sp³-hybridized carbons (Fsp3) is 0.933. The van der Waals surface area contributed by atoms with Crippen molar-refractivity contribution < 1.29 is 9.53 Å². The van der Waals surface area contributed by atoms with Crippen molar-refractivity contribution >= 4 is 5.97 Å². The van der Waals surface area contributed by atoms with Crippen LogP contribution in [0.15, 0.2) is 0 Å². The first-order valence-corrected chi connectivity index (χ1v) is 7.81. The van der Waals surface area contributed by atoms with Crippen molar-refractivity contribution in [2.45, 2.75) is 75.5 Å². The summed E-state index contributed by atoms with van der Waals surface area (Å²) in [5.74, 6) is -0.0198. The molecule has 0 saturated heterocycles. The van der Waals surface area contributed by atoms with Gasteiger partial charge in [0.05, 0.1) is 6.61 Å². The molecular formula is C15H26N2O2. The minimum Gasteiger partial charge on any atom is -0.465 e. The molecule has 3 saturated carbocycles. The van der Waals surface area contributed by atoms with Gasteiger partial charge in [-0.15, -0.1) is 0 Å². The van der Waals surface area contributed by atoms with Gasteiger partial charge in [0.2, 0.25) is 0 Å². The molecule has 3 rings (SSSR count). The van der Waals surface area contributed by atoms with E-state index in [0.717, 1.165) is 25.3 Å². The van der Waals surface area contributed by atoms with Crippen LogP contribution in [0.3, 0.4) is 0 Å². The lowest BCUT2D eigenvalue weighted by Gasteiger charge is -2.30. The van der Waals surface area contributed by atoms with Crippen molar-refractivity contribution in [1.29, 1.82) is 0 Å². The summed E-state index contributed by atoms with van der Waals surface area (Å²) in [5, 5.41) is 3.59. The summed E-state index contributed by atoms with van der Waals surface area (Å²) in [6, 6.07) is 1.86. The molecule has 0 radical (unpaired) electrons. The Morgan fingerprint density at radius 1 is 1.26 bits per heavy atom. The minimum absolute atomic E-state index is 0.0198. The predicted molar refractivity (Wildman–Crippen MR) is 73.9 cm³/mol. The Morgan fingerprint density at radius 3 is 2.58 bits per heavy atom. The maximum absolute atomic E-state index is 12.4. The average molecular weight is 266 g/mol. The van der Waals surface area contributed by atoms with Crippen LogP contribution in [0.4, 0.5) is 0 Å². The Hall–Kier alpha value is -0.610. The van der Waals surface area contributed by atoms with Crippen LogP contribution in [0.5, 0.6) is 0 Å². The standard InChI is InChI=1S/C15H26N2O2/c1-3-19-14(18)15(16-11-4-5-11)9-8-13(10-15)17(2)12-6-7-12/h11-13,16H,3-10H2,1-2H3. The summed E-state index contributed by atoms with van der Waals surface area (Å²) in [7, 11) is 2.22. The van der Waals surface area contributed by atoms with E-state index in [0.29, 0.717) is 18.7 Å². The molecule has 108 valence electrons. The Balaban J connectivity index is 1.67. The summed E-state index contributed by atoms with van der Waals surface area (Å²) < 4.78 is 5.34. The third-order valence-electron chi connectivity index (χ3n) is 4.91. The van der Waals surface area contributed by atoms with E-state index < -0.39 is 5.54 Å². The number of esters is 1. The summed E-state index contributed by atoms with van der Waals surface area (Å²) in [4.78, 5) is 14.9. The molecule has 0 aliphatic heterocycles. The van der Waals surface area contributed by atoms with Crippen LogP contribution < -0.4 is 5.32 Å². The number of nitrogens with zero attached hydrogens (tertiary/aromatic N) is 1.